The third-order valence-corrected chi connectivity index (χ3v) is 4.28. The van der Waals surface area contributed by atoms with Crippen LogP contribution in [-0.4, -0.2) is 60.5 Å². The minimum absolute atomic E-state index is 0.0747. The van der Waals surface area contributed by atoms with Gasteiger partial charge < -0.3 is 19.9 Å². The Hall–Kier alpha value is -1.89. The normalized spacial score (nSPS) is 24.4. The number of aryl methyl sites for hydroxylation is 1. The van der Waals surface area contributed by atoms with Crippen molar-refractivity contribution < 1.29 is 9.53 Å². The van der Waals surface area contributed by atoms with Gasteiger partial charge in [-0.05, 0) is 38.7 Å². The van der Waals surface area contributed by atoms with Crippen LogP contribution in [0.15, 0.2) is 6.07 Å². The molecule has 2 amide bonds. The number of hydrogen-bond acceptors (Lipinski definition) is 5. The van der Waals surface area contributed by atoms with E-state index in [-0.39, 0.29) is 18.2 Å². The van der Waals surface area contributed by atoms with E-state index in [1.807, 2.05) is 43.8 Å². The Bertz CT molecular complexity index is 588. The van der Waals surface area contributed by atoms with Gasteiger partial charge in [-0.2, -0.15) is 5.10 Å². The Balaban J connectivity index is 1.72. The van der Waals surface area contributed by atoms with Crippen molar-refractivity contribution in [1.82, 2.24) is 15.1 Å². The molecule has 1 aromatic heterocycles. The van der Waals surface area contributed by atoms with Crippen LogP contribution in [0.3, 0.4) is 0 Å². The summed E-state index contributed by atoms with van der Waals surface area (Å²) in [4.78, 5) is 16.4. The number of rotatable bonds is 3. The number of nitrogens with one attached hydrogen (secondary N) is 1. The van der Waals surface area contributed by atoms with Crippen molar-refractivity contribution in [3.63, 3.8) is 0 Å². The number of aromatic nitrogens is 2. The highest BCUT2D eigenvalue weighted by atomic mass is 16.5. The first kappa shape index (κ1) is 16.0. The third kappa shape index (κ3) is 3.72. The third-order valence-electron chi connectivity index (χ3n) is 4.28. The molecule has 1 aliphatic heterocycles. The number of hydrogen-bond donors (Lipinski definition) is 1. The minimum Gasteiger partial charge on any atom is -0.371 e. The van der Waals surface area contributed by atoms with Crippen molar-refractivity contribution in [2.75, 3.05) is 37.4 Å². The lowest BCUT2D eigenvalue weighted by atomic mass is 10.1. The van der Waals surface area contributed by atoms with Gasteiger partial charge in [0.25, 0.3) is 0 Å². The summed E-state index contributed by atoms with van der Waals surface area (Å²) >= 11 is 0. The summed E-state index contributed by atoms with van der Waals surface area (Å²) in [6, 6.07) is 1.75. The van der Waals surface area contributed by atoms with Crippen LogP contribution in [0.2, 0.25) is 0 Å². The van der Waals surface area contributed by atoms with Gasteiger partial charge in [-0.3, -0.25) is 0 Å². The van der Waals surface area contributed by atoms with E-state index < -0.39 is 0 Å². The number of ether oxygens (including phenoxy) is 1. The van der Waals surface area contributed by atoms with E-state index in [2.05, 4.69) is 15.5 Å². The molecular formula is C16H25N5O2. The van der Waals surface area contributed by atoms with Crippen LogP contribution in [0, 0.1) is 12.8 Å². The van der Waals surface area contributed by atoms with Gasteiger partial charge in [0.05, 0.1) is 23.6 Å². The number of amides is 2. The molecule has 2 unspecified atom stereocenters. The Labute approximate surface area is 137 Å². The van der Waals surface area contributed by atoms with Crippen LogP contribution in [0.5, 0.6) is 0 Å². The SMILES string of the molecule is Cc1cc(NC(=O)N2CC(C)OC(C3CC3)C2)c(N(C)C)nn1. The molecule has 2 heterocycles. The van der Waals surface area contributed by atoms with E-state index in [9.17, 15) is 4.79 Å². The fraction of sp³-hybridized carbons (Fsp3) is 0.688. The standard InChI is InChI=1S/C16H25N5O2/c1-10-7-13(15(19-18-10)20(3)4)17-16(22)21-8-11(2)23-14(9-21)12-5-6-12/h7,11-12,14H,5-6,8-9H2,1-4H3,(H,17,18,22). The van der Waals surface area contributed by atoms with Crippen LogP contribution >= 0.6 is 0 Å². The van der Waals surface area contributed by atoms with Crippen LogP contribution < -0.4 is 10.2 Å². The Morgan fingerprint density at radius 2 is 2.09 bits per heavy atom. The maximum Gasteiger partial charge on any atom is 0.322 e. The molecule has 0 bridgehead atoms. The summed E-state index contributed by atoms with van der Waals surface area (Å²) < 4.78 is 5.97. The lowest BCUT2D eigenvalue weighted by Crippen LogP contribution is -2.51. The fourth-order valence-corrected chi connectivity index (χ4v) is 2.98. The lowest BCUT2D eigenvalue weighted by Gasteiger charge is -2.37. The number of urea groups is 1. The number of morpholine rings is 1. The van der Waals surface area contributed by atoms with Gasteiger partial charge in [0.2, 0.25) is 0 Å². The van der Waals surface area contributed by atoms with Crippen LogP contribution in [-0.2, 0) is 4.74 Å². The second-order valence-corrected chi connectivity index (χ2v) is 6.78. The molecule has 1 saturated heterocycles. The first-order valence-corrected chi connectivity index (χ1v) is 8.17. The van der Waals surface area contributed by atoms with E-state index >= 15 is 0 Å². The van der Waals surface area contributed by atoms with Gasteiger partial charge in [0, 0.05) is 27.2 Å². The smallest absolute Gasteiger partial charge is 0.322 e. The van der Waals surface area contributed by atoms with Crippen molar-refractivity contribution in [2.45, 2.75) is 38.9 Å². The average Bonchev–Trinajstić information content (AvgIpc) is 3.31. The molecule has 2 atom stereocenters. The maximum atomic E-state index is 12.7. The van der Waals surface area contributed by atoms with Crippen molar-refractivity contribution in [3.8, 4) is 0 Å². The summed E-state index contributed by atoms with van der Waals surface area (Å²) in [7, 11) is 3.77. The number of carbonyl (C=O) groups is 1. The highest BCUT2D eigenvalue weighted by Gasteiger charge is 2.38. The van der Waals surface area contributed by atoms with Gasteiger partial charge in [0.1, 0.15) is 0 Å². The Morgan fingerprint density at radius 3 is 2.74 bits per heavy atom. The van der Waals surface area contributed by atoms with E-state index in [1.165, 1.54) is 12.8 Å². The zero-order valence-electron chi connectivity index (χ0n) is 14.2. The second-order valence-electron chi connectivity index (χ2n) is 6.78. The molecule has 1 N–H and O–H groups in total. The molecule has 7 heteroatoms. The summed E-state index contributed by atoms with van der Waals surface area (Å²) in [5, 5.41) is 11.2. The van der Waals surface area contributed by atoms with Gasteiger partial charge >= 0.3 is 6.03 Å². The highest BCUT2D eigenvalue weighted by molar-refractivity contribution is 5.92. The first-order chi connectivity index (χ1) is 10.9. The van der Waals surface area contributed by atoms with E-state index in [0.29, 0.717) is 30.5 Å². The van der Waals surface area contributed by atoms with E-state index in [4.69, 9.17) is 4.74 Å². The molecule has 7 nitrogen and oxygen atoms in total. The predicted octanol–water partition coefficient (Wildman–Crippen LogP) is 1.88. The summed E-state index contributed by atoms with van der Waals surface area (Å²) in [5.41, 5.74) is 1.46. The molecule has 23 heavy (non-hydrogen) atoms. The van der Waals surface area contributed by atoms with E-state index in [0.717, 1.165) is 5.69 Å². The highest BCUT2D eigenvalue weighted by Crippen LogP contribution is 2.36. The van der Waals surface area contributed by atoms with Gasteiger partial charge in [0.15, 0.2) is 5.82 Å². The molecule has 126 valence electrons. The van der Waals surface area contributed by atoms with Crippen molar-refractivity contribution >= 4 is 17.5 Å². The summed E-state index contributed by atoms with van der Waals surface area (Å²) in [5.74, 6) is 1.28. The van der Waals surface area contributed by atoms with Crippen molar-refractivity contribution in [1.29, 1.82) is 0 Å². The zero-order chi connectivity index (χ0) is 16.6. The monoisotopic (exact) mass is 319 g/mol. The molecule has 2 fully saturated rings. The molecular weight excluding hydrogens is 294 g/mol. The average molecular weight is 319 g/mol. The first-order valence-electron chi connectivity index (χ1n) is 8.17. The minimum atomic E-state index is -0.0960. The molecule has 0 radical (unpaired) electrons. The molecule has 3 rings (SSSR count). The van der Waals surface area contributed by atoms with Gasteiger partial charge in [-0.15, -0.1) is 5.10 Å². The van der Waals surface area contributed by atoms with Crippen molar-refractivity contribution in [3.05, 3.63) is 11.8 Å². The van der Waals surface area contributed by atoms with Crippen LogP contribution in [0.4, 0.5) is 16.3 Å². The molecule has 1 aliphatic carbocycles. The Morgan fingerprint density at radius 1 is 1.35 bits per heavy atom. The molecule has 1 aromatic rings. The quantitative estimate of drug-likeness (QED) is 0.921. The lowest BCUT2D eigenvalue weighted by molar-refractivity contribution is -0.0717. The maximum absolute atomic E-state index is 12.7. The molecule has 0 aromatic carbocycles. The molecule has 1 saturated carbocycles. The van der Waals surface area contributed by atoms with Gasteiger partial charge in [-0.25, -0.2) is 4.79 Å². The number of anilines is 2. The van der Waals surface area contributed by atoms with Gasteiger partial charge in [-0.1, -0.05) is 0 Å². The Kier molecular flexibility index (Phi) is 4.39. The van der Waals surface area contributed by atoms with E-state index in [1.54, 1.807) is 0 Å². The van der Waals surface area contributed by atoms with Crippen LogP contribution in [0.1, 0.15) is 25.5 Å². The number of carbonyl (C=O) groups excluding carboxylic acids is 1. The van der Waals surface area contributed by atoms with Crippen LogP contribution in [0.25, 0.3) is 0 Å². The topological polar surface area (TPSA) is 70.6 Å². The summed E-state index contributed by atoms with van der Waals surface area (Å²) in [6.07, 6.45) is 2.68. The zero-order valence-corrected chi connectivity index (χ0v) is 14.2. The summed E-state index contributed by atoms with van der Waals surface area (Å²) in [6.45, 7) is 5.17. The fourth-order valence-electron chi connectivity index (χ4n) is 2.98. The predicted molar refractivity (Wildman–Crippen MR) is 88.7 cm³/mol. The van der Waals surface area contributed by atoms with Crippen molar-refractivity contribution in [2.24, 2.45) is 5.92 Å². The molecule has 2 aliphatic rings. The largest absolute Gasteiger partial charge is 0.371 e. The molecule has 0 spiro atoms. The second kappa shape index (κ2) is 6.31. The number of nitrogens with zero attached hydrogens (tertiary/aromatic N) is 4.